The van der Waals surface area contributed by atoms with E-state index in [1.807, 2.05) is 52.0 Å². The Labute approximate surface area is 151 Å². The van der Waals surface area contributed by atoms with E-state index in [2.05, 4.69) is 20.1 Å². The van der Waals surface area contributed by atoms with Crippen LogP contribution in [-0.4, -0.2) is 26.7 Å². The van der Waals surface area contributed by atoms with Gasteiger partial charge in [-0.3, -0.25) is 0 Å². The molecule has 0 N–H and O–H groups in total. The Morgan fingerprint density at radius 3 is 2.32 bits per heavy atom. The smallest absolute Gasteiger partial charge is 0.237 e. The van der Waals surface area contributed by atoms with Crippen molar-refractivity contribution in [2.24, 2.45) is 0 Å². The summed E-state index contributed by atoms with van der Waals surface area (Å²) >= 11 is 1.49. The van der Waals surface area contributed by atoms with Crippen LogP contribution < -0.4 is 4.74 Å². The topological polar surface area (TPSA) is 73.9 Å². The first kappa shape index (κ1) is 17.4. The number of thioether (sulfide) groups is 1. The Hall–Kier alpha value is -2.41. The second-order valence-corrected chi connectivity index (χ2v) is 6.50. The average Bonchev–Trinajstić information content (AvgIpc) is 3.08. The van der Waals surface area contributed by atoms with Gasteiger partial charge in [-0.2, -0.15) is 4.98 Å². The van der Waals surface area contributed by atoms with Crippen molar-refractivity contribution in [1.29, 1.82) is 0 Å². The van der Waals surface area contributed by atoms with Crippen molar-refractivity contribution in [2.45, 2.75) is 38.6 Å². The maximum absolute atomic E-state index is 5.44. The van der Waals surface area contributed by atoms with E-state index in [-0.39, 0.29) is 0 Å². The van der Waals surface area contributed by atoms with Crippen LogP contribution in [0.1, 0.15) is 29.8 Å². The normalized spacial score (nSPS) is 10.9. The third-order valence-electron chi connectivity index (χ3n) is 3.83. The van der Waals surface area contributed by atoms with Gasteiger partial charge in [0.1, 0.15) is 5.75 Å². The van der Waals surface area contributed by atoms with E-state index in [0.29, 0.717) is 24.1 Å². The predicted molar refractivity (Wildman–Crippen MR) is 96.7 cm³/mol. The molecular weight excluding hydrogens is 336 g/mol. The van der Waals surface area contributed by atoms with Crippen LogP contribution in [0.25, 0.3) is 11.4 Å². The number of aryl methyl sites for hydroxylation is 2. The van der Waals surface area contributed by atoms with Crippen LogP contribution in [0.3, 0.4) is 0 Å². The molecule has 3 aromatic rings. The van der Waals surface area contributed by atoms with E-state index in [4.69, 9.17) is 9.26 Å². The molecule has 6 nitrogen and oxygen atoms in total. The number of aromatic nitrogens is 4. The van der Waals surface area contributed by atoms with Crippen LogP contribution in [0, 0.1) is 20.8 Å². The molecule has 0 atom stereocenters. The monoisotopic (exact) mass is 356 g/mol. The van der Waals surface area contributed by atoms with Gasteiger partial charge >= 0.3 is 0 Å². The highest BCUT2D eigenvalue weighted by Crippen LogP contribution is 2.24. The Balaban J connectivity index is 1.67. The number of ether oxygens (including phenoxy) is 1. The van der Waals surface area contributed by atoms with Gasteiger partial charge in [0, 0.05) is 17.0 Å². The van der Waals surface area contributed by atoms with Gasteiger partial charge in [0.2, 0.25) is 11.7 Å². The Bertz CT molecular complexity index is 839. The molecule has 130 valence electrons. The number of hydrogen-bond acceptors (Lipinski definition) is 7. The Morgan fingerprint density at radius 1 is 1.00 bits per heavy atom. The second-order valence-electron chi connectivity index (χ2n) is 5.56. The van der Waals surface area contributed by atoms with Crippen molar-refractivity contribution in [2.75, 3.05) is 6.61 Å². The number of nitrogens with zero attached hydrogens (tertiary/aromatic N) is 4. The third-order valence-corrected chi connectivity index (χ3v) is 4.66. The Morgan fingerprint density at radius 2 is 1.68 bits per heavy atom. The molecule has 0 amide bonds. The van der Waals surface area contributed by atoms with Crippen molar-refractivity contribution >= 4 is 11.8 Å². The molecule has 0 bridgehead atoms. The molecule has 0 spiro atoms. The van der Waals surface area contributed by atoms with Gasteiger partial charge in [-0.25, -0.2) is 9.97 Å². The third kappa shape index (κ3) is 4.17. The van der Waals surface area contributed by atoms with Crippen LogP contribution in [0.2, 0.25) is 0 Å². The summed E-state index contributed by atoms with van der Waals surface area (Å²) in [5.74, 6) is 2.48. The molecule has 0 aliphatic carbocycles. The van der Waals surface area contributed by atoms with Gasteiger partial charge in [0.25, 0.3) is 0 Å². The molecule has 0 unspecified atom stereocenters. The molecular formula is C18H20N4O2S. The molecule has 2 aromatic heterocycles. The lowest BCUT2D eigenvalue weighted by Gasteiger charge is -2.05. The zero-order valence-corrected chi connectivity index (χ0v) is 15.6. The minimum absolute atomic E-state index is 0.534. The molecule has 0 aliphatic heterocycles. The van der Waals surface area contributed by atoms with Gasteiger partial charge in [0.15, 0.2) is 5.16 Å². The summed E-state index contributed by atoms with van der Waals surface area (Å²) in [5.41, 5.74) is 4.01. The van der Waals surface area contributed by atoms with Crippen molar-refractivity contribution in [3.05, 3.63) is 47.1 Å². The lowest BCUT2D eigenvalue weighted by atomic mass is 10.2. The second kappa shape index (κ2) is 7.65. The molecule has 1 aromatic carbocycles. The quantitative estimate of drug-likeness (QED) is 0.485. The largest absolute Gasteiger partial charge is 0.494 e. The zero-order chi connectivity index (χ0) is 17.8. The standard InChI is InChI=1S/C18H20N4O2S/c1-5-23-15-8-6-14(7-9-15)17-21-16(24-22-17)10-25-18-19-12(3)11(2)13(4)20-18/h6-9H,5,10H2,1-4H3. The van der Waals surface area contributed by atoms with E-state index in [1.54, 1.807) is 0 Å². The molecule has 3 rings (SSSR count). The fourth-order valence-electron chi connectivity index (χ4n) is 2.23. The molecule has 25 heavy (non-hydrogen) atoms. The predicted octanol–water partition coefficient (Wildman–Crippen LogP) is 4.14. The van der Waals surface area contributed by atoms with Crippen molar-refractivity contribution in [3.8, 4) is 17.1 Å². The van der Waals surface area contributed by atoms with Crippen LogP contribution in [-0.2, 0) is 5.75 Å². The fourth-order valence-corrected chi connectivity index (χ4v) is 3.00. The SMILES string of the molecule is CCOc1ccc(-c2noc(CSc3nc(C)c(C)c(C)n3)n2)cc1. The van der Waals surface area contributed by atoms with Crippen molar-refractivity contribution in [1.82, 2.24) is 20.1 Å². The molecule has 0 saturated carbocycles. The molecule has 2 heterocycles. The lowest BCUT2D eigenvalue weighted by molar-refractivity contribution is 0.340. The maximum Gasteiger partial charge on any atom is 0.237 e. The summed E-state index contributed by atoms with van der Waals surface area (Å²) in [4.78, 5) is 13.4. The lowest BCUT2D eigenvalue weighted by Crippen LogP contribution is -1.98. The highest BCUT2D eigenvalue weighted by molar-refractivity contribution is 7.98. The minimum Gasteiger partial charge on any atom is -0.494 e. The minimum atomic E-state index is 0.534. The summed E-state index contributed by atoms with van der Waals surface area (Å²) in [6.45, 7) is 8.61. The van der Waals surface area contributed by atoms with Crippen LogP contribution in [0.4, 0.5) is 0 Å². The molecule has 0 radical (unpaired) electrons. The number of benzene rings is 1. The summed E-state index contributed by atoms with van der Waals surface area (Å²) < 4.78 is 10.8. The molecule has 0 fully saturated rings. The summed E-state index contributed by atoms with van der Waals surface area (Å²) in [7, 11) is 0. The average molecular weight is 356 g/mol. The van der Waals surface area contributed by atoms with E-state index in [0.717, 1.165) is 33.4 Å². The first-order valence-corrected chi connectivity index (χ1v) is 9.06. The fraction of sp³-hybridized carbons (Fsp3) is 0.333. The molecule has 0 saturated heterocycles. The Kier molecular flexibility index (Phi) is 5.33. The summed E-state index contributed by atoms with van der Waals surface area (Å²) in [6.07, 6.45) is 0. The highest BCUT2D eigenvalue weighted by Gasteiger charge is 2.11. The number of rotatable bonds is 6. The maximum atomic E-state index is 5.44. The van der Waals surface area contributed by atoms with E-state index < -0.39 is 0 Å². The highest BCUT2D eigenvalue weighted by atomic mass is 32.2. The van der Waals surface area contributed by atoms with Crippen molar-refractivity contribution in [3.63, 3.8) is 0 Å². The van der Waals surface area contributed by atoms with Gasteiger partial charge in [-0.15, -0.1) is 0 Å². The summed E-state index contributed by atoms with van der Waals surface area (Å²) in [6, 6.07) is 7.63. The molecule has 0 aliphatic rings. The van der Waals surface area contributed by atoms with Crippen LogP contribution in [0.15, 0.2) is 33.9 Å². The van der Waals surface area contributed by atoms with Gasteiger partial charge < -0.3 is 9.26 Å². The van der Waals surface area contributed by atoms with E-state index in [1.165, 1.54) is 11.8 Å². The van der Waals surface area contributed by atoms with E-state index in [9.17, 15) is 0 Å². The first-order valence-electron chi connectivity index (χ1n) is 8.07. The summed E-state index contributed by atoms with van der Waals surface area (Å²) in [5, 5.41) is 4.77. The van der Waals surface area contributed by atoms with Crippen LogP contribution in [0.5, 0.6) is 5.75 Å². The first-order chi connectivity index (χ1) is 12.1. The van der Waals surface area contributed by atoms with Crippen molar-refractivity contribution < 1.29 is 9.26 Å². The van der Waals surface area contributed by atoms with Crippen LogP contribution >= 0.6 is 11.8 Å². The van der Waals surface area contributed by atoms with E-state index >= 15 is 0 Å². The molecule has 7 heteroatoms. The van der Waals surface area contributed by atoms with Gasteiger partial charge in [-0.1, -0.05) is 16.9 Å². The van der Waals surface area contributed by atoms with Gasteiger partial charge in [0.05, 0.1) is 12.4 Å². The van der Waals surface area contributed by atoms with Gasteiger partial charge in [-0.05, 0) is 57.5 Å². The number of hydrogen-bond donors (Lipinski definition) is 0. The zero-order valence-electron chi connectivity index (χ0n) is 14.7.